The summed E-state index contributed by atoms with van der Waals surface area (Å²) in [4.78, 5) is 4.30. The zero-order chi connectivity index (χ0) is 13.4. The van der Waals surface area contributed by atoms with E-state index in [2.05, 4.69) is 41.7 Å². The van der Waals surface area contributed by atoms with Crippen LogP contribution in [0.25, 0.3) is 11.0 Å². The molecule has 2 unspecified atom stereocenters. The predicted octanol–water partition coefficient (Wildman–Crippen LogP) is 4.13. The molecule has 0 radical (unpaired) electrons. The topological polar surface area (TPSA) is 43.8 Å². The molecule has 2 N–H and O–H groups in total. The van der Waals surface area contributed by atoms with Crippen molar-refractivity contribution in [2.75, 3.05) is 5.73 Å². The number of halogens is 2. The van der Waals surface area contributed by atoms with E-state index < -0.39 is 0 Å². The largest absolute Gasteiger partial charge is 0.369 e. The Bertz CT molecular complexity index is 579. The molecule has 1 aromatic carbocycles. The molecular formula is C13H17BrFN3. The summed E-state index contributed by atoms with van der Waals surface area (Å²) < 4.78 is 16.0. The highest BCUT2D eigenvalue weighted by Gasteiger charge is 2.19. The second-order valence-corrected chi connectivity index (χ2v) is 5.58. The smallest absolute Gasteiger partial charge is 0.201 e. The van der Waals surface area contributed by atoms with Gasteiger partial charge in [0.15, 0.2) is 0 Å². The molecule has 0 bridgehead atoms. The van der Waals surface area contributed by atoms with Crippen molar-refractivity contribution in [3.8, 4) is 0 Å². The molecule has 98 valence electrons. The van der Waals surface area contributed by atoms with Crippen LogP contribution in [0.1, 0.15) is 33.2 Å². The van der Waals surface area contributed by atoms with E-state index >= 15 is 0 Å². The Morgan fingerprint density at radius 1 is 1.44 bits per heavy atom. The minimum Gasteiger partial charge on any atom is -0.369 e. The third-order valence-electron chi connectivity index (χ3n) is 3.63. The van der Waals surface area contributed by atoms with E-state index in [1.165, 1.54) is 6.07 Å². The highest BCUT2D eigenvalue weighted by molar-refractivity contribution is 9.10. The first-order valence-corrected chi connectivity index (χ1v) is 6.87. The lowest BCUT2D eigenvalue weighted by Crippen LogP contribution is -2.15. The van der Waals surface area contributed by atoms with E-state index in [0.29, 0.717) is 16.3 Å². The van der Waals surface area contributed by atoms with Crippen molar-refractivity contribution in [2.45, 2.75) is 33.2 Å². The normalized spacial score (nSPS) is 14.9. The number of imidazole rings is 1. The second kappa shape index (κ2) is 4.88. The van der Waals surface area contributed by atoms with Gasteiger partial charge in [-0.15, -0.1) is 0 Å². The van der Waals surface area contributed by atoms with Crippen LogP contribution in [0, 0.1) is 11.7 Å². The first-order chi connectivity index (χ1) is 8.45. The average Bonchev–Trinajstić information content (AvgIpc) is 2.63. The van der Waals surface area contributed by atoms with E-state index in [1.54, 1.807) is 6.07 Å². The number of hydrogen-bond donors (Lipinski definition) is 1. The number of nitrogens with two attached hydrogens (primary N) is 1. The van der Waals surface area contributed by atoms with Gasteiger partial charge in [-0.1, -0.05) is 20.3 Å². The summed E-state index contributed by atoms with van der Waals surface area (Å²) in [6.07, 6.45) is 1.04. The molecule has 0 saturated heterocycles. The maximum absolute atomic E-state index is 13.7. The first-order valence-electron chi connectivity index (χ1n) is 6.08. The highest BCUT2D eigenvalue weighted by Crippen LogP contribution is 2.31. The van der Waals surface area contributed by atoms with Gasteiger partial charge in [-0.25, -0.2) is 9.37 Å². The Kier molecular flexibility index (Phi) is 3.61. The van der Waals surface area contributed by atoms with Crippen LogP contribution in [0.3, 0.4) is 0 Å². The average molecular weight is 314 g/mol. The van der Waals surface area contributed by atoms with Gasteiger partial charge in [0, 0.05) is 12.1 Å². The SMILES string of the molecule is CCC(C)C(C)n1c(N)nc2cc(Br)c(F)cc21. The molecule has 0 saturated carbocycles. The lowest BCUT2D eigenvalue weighted by Gasteiger charge is -2.21. The van der Waals surface area contributed by atoms with Crippen molar-refractivity contribution in [1.82, 2.24) is 9.55 Å². The van der Waals surface area contributed by atoms with Crippen LogP contribution >= 0.6 is 15.9 Å². The van der Waals surface area contributed by atoms with Crippen molar-refractivity contribution < 1.29 is 4.39 Å². The number of anilines is 1. The molecule has 0 aliphatic carbocycles. The fourth-order valence-electron chi connectivity index (χ4n) is 2.13. The van der Waals surface area contributed by atoms with Gasteiger partial charge in [0.25, 0.3) is 0 Å². The van der Waals surface area contributed by atoms with Gasteiger partial charge in [-0.2, -0.15) is 0 Å². The number of benzene rings is 1. The molecule has 0 spiro atoms. The van der Waals surface area contributed by atoms with Crippen molar-refractivity contribution in [3.63, 3.8) is 0 Å². The quantitative estimate of drug-likeness (QED) is 0.926. The van der Waals surface area contributed by atoms with Crippen molar-refractivity contribution in [1.29, 1.82) is 0 Å². The molecule has 18 heavy (non-hydrogen) atoms. The summed E-state index contributed by atoms with van der Waals surface area (Å²) in [5.41, 5.74) is 7.43. The number of aromatic nitrogens is 2. The number of hydrogen-bond acceptors (Lipinski definition) is 2. The molecule has 2 aromatic rings. The molecule has 5 heteroatoms. The minimum atomic E-state index is -0.292. The Balaban J connectivity index is 2.63. The molecule has 0 amide bonds. The van der Waals surface area contributed by atoms with E-state index in [0.717, 1.165) is 17.5 Å². The molecule has 1 aromatic heterocycles. The number of nitrogen functional groups attached to an aromatic ring is 1. The fraction of sp³-hybridized carbons (Fsp3) is 0.462. The second-order valence-electron chi connectivity index (χ2n) is 4.72. The van der Waals surface area contributed by atoms with E-state index in [1.807, 2.05) is 4.57 Å². The summed E-state index contributed by atoms with van der Waals surface area (Å²) in [7, 11) is 0. The van der Waals surface area contributed by atoms with Crippen LogP contribution < -0.4 is 5.73 Å². The van der Waals surface area contributed by atoms with Crippen LogP contribution in [0.4, 0.5) is 10.3 Å². The van der Waals surface area contributed by atoms with Crippen LogP contribution in [0.15, 0.2) is 16.6 Å². The number of nitrogens with zero attached hydrogens (tertiary/aromatic N) is 2. The van der Waals surface area contributed by atoms with Gasteiger partial charge in [0.2, 0.25) is 5.95 Å². The number of rotatable bonds is 3. The summed E-state index contributed by atoms with van der Waals surface area (Å²) in [6.45, 7) is 6.38. The van der Waals surface area contributed by atoms with Gasteiger partial charge in [0.05, 0.1) is 15.5 Å². The van der Waals surface area contributed by atoms with Gasteiger partial charge in [-0.05, 0) is 34.8 Å². The summed E-state index contributed by atoms with van der Waals surface area (Å²) >= 11 is 3.16. The van der Waals surface area contributed by atoms with E-state index in [9.17, 15) is 4.39 Å². The van der Waals surface area contributed by atoms with Crippen LogP contribution in [-0.4, -0.2) is 9.55 Å². The van der Waals surface area contributed by atoms with E-state index in [4.69, 9.17) is 5.73 Å². The van der Waals surface area contributed by atoms with Crippen molar-refractivity contribution in [2.24, 2.45) is 5.92 Å². The molecule has 0 fully saturated rings. The first kappa shape index (κ1) is 13.3. The minimum absolute atomic E-state index is 0.195. The van der Waals surface area contributed by atoms with Crippen molar-refractivity contribution in [3.05, 3.63) is 22.4 Å². The van der Waals surface area contributed by atoms with Gasteiger partial charge < -0.3 is 10.3 Å². The zero-order valence-corrected chi connectivity index (χ0v) is 12.3. The van der Waals surface area contributed by atoms with E-state index in [-0.39, 0.29) is 11.9 Å². The third kappa shape index (κ3) is 2.11. The zero-order valence-electron chi connectivity index (χ0n) is 10.7. The standard InChI is InChI=1S/C13H17BrFN3/c1-4-7(2)8(3)18-12-6-10(15)9(14)5-11(12)17-13(18)16/h5-8H,4H2,1-3H3,(H2,16,17). The van der Waals surface area contributed by atoms with Crippen LogP contribution in [-0.2, 0) is 0 Å². The molecule has 2 atom stereocenters. The van der Waals surface area contributed by atoms with Crippen molar-refractivity contribution >= 4 is 32.9 Å². The summed E-state index contributed by atoms with van der Waals surface area (Å²) in [5.74, 6) is 0.603. The monoisotopic (exact) mass is 313 g/mol. The fourth-order valence-corrected chi connectivity index (χ4v) is 2.46. The Labute approximate surface area is 114 Å². The Hall–Kier alpha value is -1.10. The molecule has 0 aliphatic rings. The molecular weight excluding hydrogens is 297 g/mol. The third-order valence-corrected chi connectivity index (χ3v) is 4.24. The summed E-state index contributed by atoms with van der Waals surface area (Å²) in [5, 5.41) is 0. The number of fused-ring (bicyclic) bond motifs is 1. The molecule has 1 heterocycles. The van der Waals surface area contributed by atoms with Gasteiger partial charge in [-0.3, -0.25) is 0 Å². The predicted molar refractivity (Wildman–Crippen MR) is 76.0 cm³/mol. The van der Waals surface area contributed by atoms with Gasteiger partial charge in [0.1, 0.15) is 5.82 Å². The lowest BCUT2D eigenvalue weighted by atomic mass is 10.0. The maximum atomic E-state index is 13.7. The summed E-state index contributed by atoms with van der Waals surface area (Å²) in [6, 6.07) is 3.35. The highest BCUT2D eigenvalue weighted by atomic mass is 79.9. The molecule has 3 nitrogen and oxygen atoms in total. The van der Waals surface area contributed by atoms with Crippen LogP contribution in [0.2, 0.25) is 0 Å². The maximum Gasteiger partial charge on any atom is 0.201 e. The van der Waals surface area contributed by atoms with Gasteiger partial charge >= 0.3 is 0 Å². The lowest BCUT2D eigenvalue weighted by molar-refractivity contribution is 0.381. The van der Waals surface area contributed by atoms with Crippen LogP contribution in [0.5, 0.6) is 0 Å². The molecule has 2 rings (SSSR count). The Morgan fingerprint density at radius 2 is 2.11 bits per heavy atom. The Morgan fingerprint density at radius 3 is 2.72 bits per heavy atom. The molecule has 0 aliphatic heterocycles.